The maximum atomic E-state index is 11.9. The summed E-state index contributed by atoms with van der Waals surface area (Å²) in [5.41, 5.74) is 7.98. The highest BCUT2D eigenvalue weighted by atomic mass is 35.5. The monoisotopic (exact) mass is 428 g/mol. The van der Waals surface area contributed by atoms with Crippen LogP contribution in [0.4, 0.5) is 5.69 Å². The van der Waals surface area contributed by atoms with Gasteiger partial charge in [-0.2, -0.15) is 0 Å². The Hall–Kier alpha value is -3.52. The zero-order valence-corrected chi connectivity index (χ0v) is 17.2. The quantitative estimate of drug-likeness (QED) is 0.353. The van der Waals surface area contributed by atoms with E-state index >= 15 is 0 Å². The molecule has 1 heterocycles. The fourth-order valence-electron chi connectivity index (χ4n) is 2.98. The van der Waals surface area contributed by atoms with Gasteiger partial charge in [0.1, 0.15) is 11.6 Å². The van der Waals surface area contributed by atoms with Crippen LogP contribution >= 0.6 is 12.4 Å². The molecule has 0 bridgehead atoms. The fraction of sp³-hybridized carbons (Fsp3) is 0.190. The summed E-state index contributed by atoms with van der Waals surface area (Å²) in [6, 6.07) is 10.9. The molecule has 158 valence electrons. The maximum Gasteiger partial charge on any atom is 0.122 e. The lowest BCUT2D eigenvalue weighted by molar-refractivity contribution is -0.307. The summed E-state index contributed by atoms with van der Waals surface area (Å²) in [7, 11) is 0. The third-order valence-corrected chi connectivity index (χ3v) is 4.30. The molecule has 0 saturated heterocycles. The Labute approximate surface area is 180 Å². The number of nitrogen functional groups attached to an aromatic ring is 1. The van der Waals surface area contributed by atoms with Gasteiger partial charge in [-0.15, -0.1) is 12.4 Å². The van der Waals surface area contributed by atoms with E-state index in [9.17, 15) is 9.90 Å². The number of carbonyl (C=O) groups is 1. The second-order valence-electron chi connectivity index (χ2n) is 6.47. The number of amidine groups is 1. The highest BCUT2D eigenvalue weighted by molar-refractivity contribution is 5.95. The molecular formula is C21H23ClN5O3-. The minimum absolute atomic E-state index is 0. The topological polar surface area (TPSA) is 129 Å². The second kappa shape index (κ2) is 10.3. The average Bonchev–Trinajstić information content (AvgIpc) is 3.19. The van der Waals surface area contributed by atoms with Crippen molar-refractivity contribution in [3.63, 3.8) is 0 Å². The number of nitrogens with two attached hydrogens (primary N) is 1. The van der Waals surface area contributed by atoms with Crippen molar-refractivity contribution in [2.75, 3.05) is 11.9 Å². The first-order chi connectivity index (χ1) is 14.0. The van der Waals surface area contributed by atoms with Crippen molar-refractivity contribution >= 4 is 29.9 Å². The molecule has 0 spiro atoms. The molecule has 3 aromatic rings. The highest BCUT2D eigenvalue weighted by Gasteiger charge is 2.16. The summed E-state index contributed by atoms with van der Waals surface area (Å²) < 4.78 is 7.51. The Kier molecular flexibility index (Phi) is 7.83. The van der Waals surface area contributed by atoms with Crippen LogP contribution in [0.2, 0.25) is 0 Å². The number of hydrogen-bond donors (Lipinski definition) is 3. The Morgan fingerprint density at radius 3 is 2.60 bits per heavy atom. The summed E-state index contributed by atoms with van der Waals surface area (Å²) in [5.74, 6) is -0.732. The van der Waals surface area contributed by atoms with Crippen molar-refractivity contribution in [3.8, 4) is 5.75 Å². The highest BCUT2D eigenvalue weighted by Crippen LogP contribution is 2.26. The lowest BCUT2D eigenvalue weighted by Gasteiger charge is -2.23. The van der Waals surface area contributed by atoms with E-state index < -0.39 is 12.0 Å². The minimum Gasteiger partial charge on any atom is -0.548 e. The molecule has 0 radical (unpaired) electrons. The molecule has 1 aromatic heterocycles. The van der Waals surface area contributed by atoms with E-state index in [4.69, 9.17) is 15.9 Å². The Bertz CT molecular complexity index is 990. The van der Waals surface area contributed by atoms with E-state index in [1.165, 1.54) is 0 Å². The minimum atomic E-state index is -1.26. The van der Waals surface area contributed by atoms with E-state index in [2.05, 4.69) is 10.3 Å². The number of carboxylic acid groups (broad SMARTS) is 1. The first kappa shape index (κ1) is 22.8. The van der Waals surface area contributed by atoms with Crippen molar-refractivity contribution in [2.24, 2.45) is 5.73 Å². The molecule has 0 fully saturated rings. The van der Waals surface area contributed by atoms with Crippen molar-refractivity contribution in [3.05, 3.63) is 77.9 Å². The molecular weight excluding hydrogens is 406 g/mol. The van der Waals surface area contributed by atoms with Gasteiger partial charge in [0.2, 0.25) is 0 Å². The van der Waals surface area contributed by atoms with Gasteiger partial charge in [-0.3, -0.25) is 5.41 Å². The van der Waals surface area contributed by atoms with Gasteiger partial charge < -0.3 is 30.3 Å². The lowest BCUT2D eigenvalue weighted by Crippen LogP contribution is -2.34. The number of rotatable bonds is 9. The first-order valence-corrected chi connectivity index (χ1v) is 9.10. The summed E-state index contributed by atoms with van der Waals surface area (Å²) in [6.07, 6.45) is 5.21. The summed E-state index contributed by atoms with van der Waals surface area (Å²) in [5, 5.41) is 22.3. The molecule has 0 aliphatic carbocycles. The van der Waals surface area contributed by atoms with Gasteiger partial charge in [-0.05, 0) is 54.4 Å². The number of halogens is 1. The van der Waals surface area contributed by atoms with Crippen LogP contribution in [-0.2, 0) is 11.3 Å². The smallest absolute Gasteiger partial charge is 0.122 e. The third kappa shape index (κ3) is 5.74. The van der Waals surface area contributed by atoms with Gasteiger partial charge in [-0.25, -0.2) is 4.98 Å². The molecule has 4 N–H and O–H groups in total. The normalized spacial score (nSPS) is 11.2. The number of aromatic nitrogens is 2. The van der Waals surface area contributed by atoms with Crippen LogP contribution in [0.25, 0.3) is 0 Å². The van der Waals surface area contributed by atoms with Gasteiger partial charge >= 0.3 is 0 Å². The molecule has 0 aliphatic heterocycles. The number of aliphatic carboxylic acids is 1. The van der Waals surface area contributed by atoms with Crippen LogP contribution in [0.15, 0.2) is 61.2 Å². The Morgan fingerprint density at radius 2 is 2.03 bits per heavy atom. The fourth-order valence-corrected chi connectivity index (χ4v) is 2.98. The third-order valence-electron chi connectivity index (χ3n) is 4.30. The van der Waals surface area contributed by atoms with Gasteiger partial charge in [0, 0.05) is 30.2 Å². The largest absolute Gasteiger partial charge is 0.548 e. The van der Waals surface area contributed by atoms with E-state index in [0.717, 1.165) is 5.56 Å². The molecule has 1 unspecified atom stereocenters. The number of imidazole rings is 1. The molecule has 30 heavy (non-hydrogen) atoms. The molecule has 3 rings (SSSR count). The van der Waals surface area contributed by atoms with E-state index in [1.807, 2.05) is 23.8 Å². The zero-order valence-electron chi connectivity index (χ0n) is 16.4. The molecule has 0 amide bonds. The lowest BCUT2D eigenvalue weighted by atomic mass is 10.0. The van der Waals surface area contributed by atoms with Gasteiger partial charge in [0.05, 0.1) is 24.9 Å². The first-order valence-electron chi connectivity index (χ1n) is 9.10. The van der Waals surface area contributed by atoms with Crippen LogP contribution in [0.1, 0.15) is 29.7 Å². The summed E-state index contributed by atoms with van der Waals surface area (Å²) in [4.78, 5) is 15.9. The van der Waals surface area contributed by atoms with Gasteiger partial charge in [0.25, 0.3) is 0 Å². The molecule has 8 nitrogen and oxygen atoms in total. The number of nitrogens with one attached hydrogen (secondary N) is 2. The van der Waals surface area contributed by atoms with E-state index in [0.29, 0.717) is 35.7 Å². The number of ether oxygens (including phenoxy) is 1. The number of anilines is 1. The number of hydrogen-bond acceptors (Lipinski definition) is 6. The number of nitrogens with zero attached hydrogens (tertiary/aromatic N) is 2. The van der Waals surface area contributed by atoms with Crippen molar-refractivity contribution in [2.45, 2.75) is 19.5 Å². The summed E-state index contributed by atoms with van der Waals surface area (Å²) >= 11 is 0. The van der Waals surface area contributed by atoms with E-state index in [1.54, 1.807) is 48.9 Å². The van der Waals surface area contributed by atoms with Crippen molar-refractivity contribution in [1.82, 2.24) is 9.55 Å². The number of benzene rings is 2. The number of carboxylic acids is 1. The van der Waals surface area contributed by atoms with E-state index in [-0.39, 0.29) is 18.2 Å². The van der Waals surface area contributed by atoms with Gasteiger partial charge in [-0.1, -0.05) is 6.07 Å². The summed E-state index contributed by atoms with van der Waals surface area (Å²) in [6.45, 7) is 2.86. The zero-order chi connectivity index (χ0) is 20.8. The standard InChI is InChI=1S/C21H23N5O3.ClH/c1-2-29-18-10-14(12-26-8-7-24-13-26)9-16(11-18)19(21(27)28)25-17-5-3-15(4-6-17)20(22)23;/h3-11,13,19,25H,2,12H2,1H3,(H3,22,23)(H,27,28);1H/p-1. The second-order valence-corrected chi connectivity index (χ2v) is 6.47. The molecule has 0 saturated carbocycles. The van der Waals surface area contributed by atoms with Gasteiger partial charge in [0.15, 0.2) is 0 Å². The molecule has 1 atom stereocenters. The molecule has 0 aliphatic rings. The predicted octanol–water partition coefficient (Wildman–Crippen LogP) is 1.94. The molecule has 9 heteroatoms. The molecule has 2 aromatic carbocycles. The number of carbonyl (C=O) groups excluding carboxylic acids is 1. The van der Waals surface area contributed by atoms with Crippen molar-refractivity contribution < 1.29 is 14.6 Å². The van der Waals surface area contributed by atoms with Crippen LogP contribution in [0, 0.1) is 5.41 Å². The Morgan fingerprint density at radius 1 is 1.30 bits per heavy atom. The maximum absolute atomic E-state index is 11.9. The van der Waals surface area contributed by atoms with Crippen LogP contribution < -0.4 is 20.9 Å². The van der Waals surface area contributed by atoms with Crippen LogP contribution in [0.3, 0.4) is 0 Å². The average molecular weight is 429 g/mol. The Balaban J connectivity index is 0.00000320. The van der Waals surface area contributed by atoms with Crippen LogP contribution in [-0.4, -0.2) is 28.0 Å². The SMILES string of the molecule is CCOc1cc(Cn2ccnc2)cc(C(Nc2ccc(C(=N)N)cc2)C(=O)[O-])c1.Cl. The van der Waals surface area contributed by atoms with Crippen molar-refractivity contribution in [1.29, 1.82) is 5.41 Å². The van der Waals surface area contributed by atoms with Crippen LogP contribution in [0.5, 0.6) is 5.75 Å². The predicted molar refractivity (Wildman–Crippen MR) is 115 cm³/mol.